The molecule has 2 saturated heterocycles. The molecule has 2 unspecified atom stereocenters. The highest BCUT2D eigenvalue weighted by atomic mass is 28.4. The van der Waals surface area contributed by atoms with E-state index in [2.05, 4.69) is 33.9 Å². The summed E-state index contributed by atoms with van der Waals surface area (Å²) in [6.07, 6.45) is -1.01. The van der Waals surface area contributed by atoms with Gasteiger partial charge in [0.25, 0.3) is 11.4 Å². The summed E-state index contributed by atoms with van der Waals surface area (Å²) in [5, 5.41) is 21.9. The summed E-state index contributed by atoms with van der Waals surface area (Å²) in [5.74, 6) is -1.11. The molecular weight excluding hydrogens is 656 g/mol. The average molecular weight is 701 g/mol. The Labute approximate surface area is 285 Å². The van der Waals surface area contributed by atoms with Crippen LogP contribution < -0.4 is 0 Å². The number of carbonyl (C=O) groups excluding carboxylic acids is 3. The summed E-state index contributed by atoms with van der Waals surface area (Å²) < 4.78 is 23.4. The number of ether oxygens (including phenoxy) is 3. The molecule has 2 aromatic carbocycles. The molecule has 2 amide bonds. The number of nitro benzene ring substituents is 2. The van der Waals surface area contributed by atoms with Crippen LogP contribution in [0.4, 0.5) is 21.0 Å². The quantitative estimate of drug-likeness (QED) is 0.0875. The zero-order chi connectivity index (χ0) is 36.1. The van der Waals surface area contributed by atoms with Gasteiger partial charge in [0, 0.05) is 68.7 Å². The molecule has 0 aromatic heterocycles. The Morgan fingerprint density at radius 2 is 1.33 bits per heavy atom. The molecule has 0 radical (unpaired) electrons. The second kappa shape index (κ2) is 15.3. The molecule has 16 heteroatoms. The van der Waals surface area contributed by atoms with Crippen LogP contribution in [0.2, 0.25) is 18.1 Å². The Hall–Kier alpha value is -4.57. The summed E-state index contributed by atoms with van der Waals surface area (Å²) in [6, 6.07) is 11.0. The summed E-state index contributed by atoms with van der Waals surface area (Å²) in [5.41, 5.74) is 1.01. The van der Waals surface area contributed by atoms with Crippen LogP contribution in [0.3, 0.4) is 0 Å². The Kier molecular flexibility index (Phi) is 11.6. The summed E-state index contributed by atoms with van der Waals surface area (Å²) in [7, 11) is -2.25. The number of nitro groups is 2. The molecule has 266 valence electrons. The molecule has 4 rings (SSSR count). The van der Waals surface area contributed by atoms with Crippen LogP contribution in [-0.4, -0.2) is 84.5 Å². The molecule has 2 heterocycles. The maximum atomic E-state index is 13.7. The summed E-state index contributed by atoms with van der Waals surface area (Å²) >= 11 is 0. The van der Waals surface area contributed by atoms with E-state index in [0.717, 1.165) is 0 Å². The number of non-ortho nitro benzene ring substituents is 2. The van der Waals surface area contributed by atoms with E-state index in [-0.39, 0.29) is 73.8 Å². The van der Waals surface area contributed by atoms with Crippen molar-refractivity contribution in [2.24, 2.45) is 11.8 Å². The Bertz CT molecular complexity index is 1530. The summed E-state index contributed by atoms with van der Waals surface area (Å²) in [6.45, 7) is 12.5. The lowest BCUT2D eigenvalue weighted by atomic mass is 9.88. The topological polar surface area (TPSA) is 181 Å². The van der Waals surface area contributed by atoms with E-state index in [1.54, 1.807) is 4.90 Å². The molecule has 0 N–H and O–H groups in total. The van der Waals surface area contributed by atoms with Gasteiger partial charge in [-0.2, -0.15) is 0 Å². The lowest BCUT2D eigenvalue weighted by molar-refractivity contribution is -0.385. The van der Waals surface area contributed by atoms with Crippen LogP contribution in [0.5, 0.6) is 0 Å². The van der Waals surface area contributed by atoms with Crippen molar-refractivity contribution in [3.8, 4) is 0 Å². The zero-order valence-corrected chi connectivity index (χ0v) is 29.7. The van der Waals surface area contributed by atoms with Crippen LogP contribution in [-0.2, 0) is 36.6 Å². The van der Waals surface area contributed by atoms with Crippen molar-refractivity contribution < 1.29 is 42.9 Å². The minimum atomic E-state index is -2.25. The number of benzene rings is 2. The van der Waals surface area contributed by atoms with Gasteiger partial charge in [0.1, 0.15) is 13.2 Å². The van der Waals surface area contributed by atoms with Crippen molar-refractivity contribution in [3.05, 3.63) is 79.9 Å². The van der Waals surface area contributed by atoms with Gasteiger partial charge >= 0.3 is 18.2 Å². The van der Waals surface area contributed by atoms with Crippen LogP contribution in [0, 0.1) is 32.1 Å². The number of carbonyl (C=O) groups is 3. The van der Waals surface area contributed by atoms with Gasteiger partial charge in [-0.05, 0) is 59.9 Å². The fourth-order valence-corrected chi connectivity index (χ4v) is 7.25. The molecule has 0 aliphatic carbocycles. The molecule has 49 heavy (non-hydrogen) atoms. The third kappa shape index (κ3) is 9.53. The first-order chi connectivity index (χ1) is 22.9. The van der Waals surface area contributed by atoms with Gasteiger partial charge in [-0.25, -0.2) is 9.59 Å². The van der Waals surface area contributed by atoms with Crippen LogP contribution >= 0.6 is 0 Å². The number of likely N-dealkylation sites (tertiary alicyclic amines) is 2. The minimum Gasteiger partial charge on any atom is -0.465 e. The highest BCUT2D eigenvalue weighted by Crippen LogP contribution is 2.41. The van der Waals surface area contributed by atoms with Gasteiger partial charge in [-0.1, -0.05) is 20.8 Å². The first-order valence-corrected chi connectivity index (χ1v) is 19.0. The van der Waals surface area contributed by atoms with E-state index in [1.807, 2.05) is 0 Å². The molecule has 2 aliphatic rings. The van der Waals surface area contributed by atoms with Crippen molar-refractivity contribution in [2.45, 2.75) is 77.6 Å². The normalized spacial score (nSPS) is 20.9. The van der Waals surface area contributed by atoms with Crippen molar-refractivity contribution >= 4 is 37.8 Å². The molecule has 2 aliphatic heterocycles. The second-order valence-corrected chi connectivity index (χ2v) is 18.8. The monoisotopic (exact) mass is 700 g/mol. The third-order valence-corrected chi connectivity index (χ3v) is 14.1. The maximum absolute atomic E-state index is 13.7. The van der Waals surface area contributed by atoms with Crippen LogP contribution in [0.1, 0.15) is 45.2 Å². The highest BCUT2D eigenvalue weighted by molar-refractivity contribution is 6.74. The number of hydrogen-bond donors (Lipinski definition) is 0. The molecular formula is C33H44N4O11Si. The molecule has 2 fully saturated rings. The van der Waals surface area contributed by atoms with E-state index in [0.29, 0.717) is 17.5 Å². The van der Waals surface area contributed by atoms with Gasteiger partial charge in [0.05, 0.1) is 22.6 Å². The molecule has 0 bridgehead atoms. The highest BCUT2D eigenvalue weighted by Gasteiger charge is 2.50. The summed E-state index contributed by atoms with van der Waals surface area (Å²) in [4.78, 5) is 62.9. The van der Waals surface area contributed by atoms with Gasteiger partial charge in [0.15, 0.2) is 8.32 Å². The molecule has 0 spiro atoms. The van der Waals surface area contributed by atoms with Crippen molar-refractivity contribution in [1.82, 2.24) is 9.80 Å². The van der Waals surface area contributed by atoms with Gasteiger partial charge in [-0.3, -0.25) is 25.0 Å². The van der Waals surface area contributed by atoms with Gasteiger partial charge < -0.3 is 28.4 Å². The second-order valence-electron chi connectivity index (χ2n) is 14.0. The van der Waals surface area contributed by atoms with E-state index < -0.39 is 42.4 Å². The van der Waals surface area contributed by atoms with E-state index >= 15 is 0 Å². The SMILES string of the molecule is CC(=O)OCC1CN(C(=O)OCc2ccc([N+](=O)[O-])cc2)CC1[C@@H]1C[C@@H](O[Si](C)(C)C(C)(C)C)CN1C(=O)OCc1ccc([N+](=O)[O-])cc1. The van der Waals surface area contributed by atoms with Gasteiger partial charge in [0.2, 0.25) is 0 Å². The molecule has 0 saturated carbocycles. The predicted molar refractivity (Wildman–Crippen MR) is 179 cm³/mol. The smallest absolute Gasteiger partial charge is 0.410 e. The Morgan fingerprint density at radius 1 is 0.816 bits per heavy atom. The zero-order valence-electron chi connectivity index (χ0n) is 28.7. The Balaban J connectivity index is 1.52. The predicted octanol–water partition coefficient (Wildman–Crippen LogP) is 6.05. The van der Waals surface area contributed by atoms with Crippen molar-refractivity contribution in [3.63, 3.8) is 0 Å². The standard InChI is InChI=1S/C33H44N4O11Si/c1-22(38)45-21-25-16-34(31(39)46-19-23-7-11-26(12-8-23)36(41)42)18-29(25)30-15-28(48-49(5,6)33(2,3)4)17-35(30)32(40)47-20-24-9-13-27(14-10-24)37(43)44/h7-14,25,28-30H,15-21H2,1-6H3/t25?,28-,29?,30+/m1/s1. The number of esters is 1. The number of amides is 2. The van der Waals surface area contributed by atoms with E-state index in [4.69, 9.17) is 18.6 Å². The number of rotatable bonds is 11. The number of nitrogens with zero attached hydrogens (tertiary/aromatic N) is 4. The fourth-order valence-electron chi connectivity index (χ4n) is 5.89. The first kappa shape index (κ1) is 37.2. The van der Waals surface area contributed by atoms with Crippen molar-refractivity contribution in [1.29, 1.82) is 0 Å². The fraction of sp³-hybridized carbons (Fsp3) is 0.545. The van der Waals surface area contributed by atoms with Crippen LogP contribution in [0.25, 0.3) is 0 Å². The average Bonchev–Trinajstić information content (AvgIpc) is 3.65. The lowest BCUT2D eigenvalue weighted by Gasteiger charge is -2.38. The molecule has 4 atom stereocenters. The molecule has 15 nitrogen and oxygen atoms in total. The van der Waals surface area contributed by atoms with E-state index in [9.17, 15) is 34.6 Å². The Morgan fingerprint density at radius 3 is 1.80 bits per heavy atom. The number of hydrogen-bond acceptors (Lipinski definition) is 11. The lowest BCUT2D eigenvalue weighted by Crippen LogP contribution is -2.45. The largest absolute Gasteiger partial charge is 0.465 e. The molecule has 2 aromatic rings. The first-order valence-electron chi connectivity index (χ1n) is 16.1. The maximum Gasteiger partial charge on any atom is 0.410 e. The van der Waals surface area contributed by atoms with Crippen LogP contribution in [0.15, 0.2) is 48.5 Å². The minimum absolute atomic E-state index is 0.0298. The van der Waals surface area contributed by atoms with E-state index in [1.165, 1.54) is 60.4 Å². The van der Waals surface area contributed by atoms with Gasteiger partial charge in [-0.15, -0.1) is 0 Å². The third-order valence-electron chi connectivity index (χ3n) is 9.57. The van der Waals surface area contributed by atoms with Crippen molar-refractivity contribution in [2.75, 3.05) is 26.2 Å².